The van der Waals surface area contributed by atoms with Gasteiger partial charge in [-0.15, -0.1) is 0 Å². The van der Waals surface area contributed by atoms with Gasteiger partial charge in [0.2, 0.25) is 0 Å². The molecule has 8 nitrogen and oxygen atoms in total. The Morgan fingerprint density at radius 1 is 1.04 bits per heavy atom. The van der Waals surface area contributed by atoms with Crippen molar-refractivity contribution in [1.82, 2.24) is 10.3 Å². The summed E-state index contributed by atoms with van der Waals surface area (Å²) >= 11 is 5.72. The molecule has 1 aromatic carbocycles. The Labute approximate surface area is 161 Å². The van der Waals surface area contributed by atoms with Crippen molar-refractivity contribution in [2.45, 2.75) is 26.0 Å². The number of anilines is 2. The van der Waals surface area contributed by atoms with Gasteiger partial charge in [0.15, 0.2) is 6.10 Å². The molecule has 2 atom stereocenters. The molecule has 0 fully saturated rings. The summed E-state index contributed by atoms with van der Waals surface area (Å²) in [4.78, 5) is 39.9. The highest BCUT2D eigenvalue weighted by molar-refractivity contribution is 6.30. The van der Waals surface area contributed by atoms with Crippen molar-refractivity contribution in [3.8, 4) is 0 Å². The lowest BCUT2D eigenvalue weighted by atomic mass is 10.3. The number of nitrogens with zero attached hydrogens (tertiary/aromatic N) is 1. The maximum atomic E-state index is 12.1. The van der Waals surface area contributed by atoms with Crippen molar-refractivity contribution in [3.05, 3.63) is 53.7 Å². The van der Waals surface area contributed by atoms with E-state index in [9.17, 15) is 14.4 Å². The third-order valence-electron chi connectivity index (χ3n) is 3.37. The number of urea groups is 1. The summed E-state index contributed by atoms with van der Waals surface area (Å²) in [7, 11) is 0. The minimum atomic E-state index is -1.07. The second-order valence-corrected chi connectivity index (χ2v) is 6.05. The second kappa shape index (κ2) is 9.54. The molecule has 0 aliphatic rings. The summed E-state index contributed by atoms with van der Waals surface area (Å²) in [5.41, 5.74) is 0.582. The van der Waals surface area contributed by atoms with E-state index in [-0.39, 0.29) is 5.82 Å². The first-order valence-electron chi connectivity index (χ1n) is 8.10. The number of aromatic nitrogens is 1. The number of halogens is 1. The quantitative estimate of drug-likeness (QED) is 0.657. The Hall–Kier alpha value is -3.13. The molecule has 2 aromatic rings. The first-order chi connectivity index (χ1) is 12.8. The first kappa shape index (κ1) is 20.2. The number of hydrogen-bond donors (Lipinski definition) is 3. The largest absolute Gasteiger partial charge is 0.451 e. The van der Waals surface area contributed by atoms with Crippen LogP contribution in [0.3, 0.4) is 0 Å². The summed E-state index contributed by atoms with van der Waals surface area (Å²) in [5, 5.41) is 7.96. The molecule has 9 heteroatoms. The standard InChI is InChI=1S/C18H19ClN4O4/c1-11(21-18(26)22-14-6-4-3-5-7-14)17(25)27-12(2)16(24)23-15-9-8-13(19)10-20-15/h3-12H,1-2H3,(H,20,23,24)(H2,21,22,26)/t11-,12+/m0/s1. The van der Waals surface area contributed by atoms with Gasteiger partial charge in [0.1, 0.15) is 11.9 Å². The molecule has 0 aliphatic heterocycles. The van der Waals surface area contributed by atoms with E-state index in [1.165, 1.54) is 26.1 Å². The SMILES string of the molecule is C[C@H](NC(=O)Nc1ccccc1)C(=O)O[C@H](C)C(=O)Nc1ccc(Cl)cn1. The van der Waals surface area contributed by atoms with Crippen molar-refractivity contribution in [3.63, 3.8) is 0 Å². The zero-order valence-corrected chi connectivity index (χ0v) is 15.5. The maximum Gasteiger partial charge on any atom is 0.329 e. The number of nitrogens with one attached hydrogen (secondary N) is 3. The predicted molar refractivity (Wildman–Crippen MR) is 101 cm³/mol. The molecule has 1 heterocycles. The van der Waals surface area contributed by atoms with Gasteiger partial charge in [-0.2, -0.15) is 0 Å². The molecule has 0 bridgehead atoms. The molecule has 0 aliphatic carbocycles. The molecule has 27 heavy (non-hydrogen) atoms. The highest BCUT2D eigenvalue weighted by Gasteiger charge is 2.23. The fourth-order valence-electron chi connectivity index (χ4n) is 1.95. The van der Waals surface area contributed by atoms with Crippen molar-refractivity contribution in [1.29, 1.82) is 0 Å². The van der Waals surface area contributed by atoms with E-state index in [2.05, 4.69) is 20.9 Å². The van der Waals surface area contributed by atoms with Crippen molar-refractivity contribution in [2.24, 2.45) is 0 Å². The lowest BCUT2D eigenvalue weighted by molar-refractivity contribution is -0.154. The number of ether oxygens (including phenoxy) is 1. The monoisotopic (exact) mass is 390 g/mol. The second-order valence-electron chi connectivity index (χ2n) is 5.62. The van der Waals surface area contributed by atoms with Gasteiger partial charge in [-0.1, -0.05) is 29.8 Å². The van der Waals surface area contributed by atoms with Crippen LogP contribution in [0, 0.1) is 0 Å². The van der Waals surface area contributed by atoms with Crippen LogP contribution in [-0.4, -0.2) is 35.0 Å². The van der Waals surface area contributed by atoms with Crippen LogP contribution in [0.4, 0.5) is 16.3 Å². The predicted octanol–water partition coefficient (Wildman–Crippen LogP) is 2.82. The number of para-hydroxylation sites is 1. The lowest BCUT2D eigenvalue weighted by Crippen LogP contribution is -2.44. The summed E-state index contributed by atoms with van der Waals surface area (Å²) in [6.45, 7) is 2.87. The molecular formula is C18H19ClN4O4. The summed E-state index contributed by atoms with van der Waals surface area (Å²) in [6, 6.07) is 10.3. The van der Waals surface area contributed by atoms with Gasteiger partial charge in [0.05, 0.1) is 5.02 Å². The normalized spacial score (nSPS) is 12.4. The van der Waals surface area contributed by atoms with Crippen molar-refractivity contribution in [2.75, 3.05) is 10.6 Å². The molecule has 0 spiro atoms. The van der Waals surface area contributed by atoms with Crippen LogP contribution in [0.2, 0.25) is 5.02 Å². The molecular weight excluding hydrogens is 372 g/mol. The van der Waals surface area contributed by atoms with Gasteiger partial charge in [0.25, 0.3) is 5.91 Å². The zero-order chi connectivity index (χ0) is 19.8. The number of amides is 3. The fourth-order valence-corrected chi connectivity index (χ4v) is 2.06. The van der Waals surface area contributed by atoms with Crippen molar-refractivity contribution < 1.29 is 19.1 Å². The third kappa shape index (κ3) is 6.59. The van der Waals surface area contributed by atoms with E-state index in [4.69, 9.17) is 16.3 Å². The molecule has 2 rings (SSSR count). The molecule has 0 saturated carbocycles. The number of esters is 1. The van der Waals surface area contributed by atoms with Gasteiger partial charge in [0, 0.05) is 11.9 Å². The Morgan fingerprint density at radius 3 is 2.37 bits per heavy atom. The van der Waals surface area contributed by atoms with Gasteiger partial charge >= 0.3 is 12.0 Å². The maximum absolute atomic E-state index is 12.1. The zero-order valence-electron chi connectivity index (χ0n) is 14.7. The van der Waals surface area contributed by atoms with Crippen molar-refractivity contribution >= 4 is 41.0 Å². The van der Waals surface area contributed by atoms with Gasteiger partial charge in [-0.3, -0.25) is 4.79 Å². The molecule has 142 valence electrons. The van der Waals surface area contributed by atoms with E-state index in [1.807, 2.05) is 6.07 Å². The molecule has 3 amide bonds. The van der Waals surface area contributed by atoms with E-state index in [1.54, 1.807) is 30.3 Å². The van der Waals surface area contributed by atoms with E-state index in [0.717, 1.165) is 0 Å². The highest BCUT2D eigenvalue weighted by Crippen LogP contribution is 2.10. The average Bonchev–Trinajstić information content (AvgIpc) is 2.64. The van der Waals surface area contributed by atoms with Gasteiger partial charge in [-0.25, -0.2) is 14.6 Å². The minimum absolute atomic E-state index is 0.278. The lowest BCUT2D eigenvalue weighted by Gasteiger charge is -2.17. The molecule has 0 radical (unpaired) electrons. The van der Waals surface area contributed by atoms with E-state index >= 15 is 0 Å². The first-order valence-corrected chi connectivity index (χ1v) is 8.48. The van der Waals surface area contributed by atoms with Gasteiger partial charge < -0.3 is 20.7 Å². The van der Waals surface area contributed by atoms with Crippen LogP contribution < -0.4 is 16.0 Å². The summed E-state index contributed by atoms with van der Waals surface area (Å²) in [6.07, 6.45) is 0.307. The topological polar surface area (TPSA) is 109 Å². The third-order valence-corrected chi connectivity index (χ3v) is 3.60. The smallest absolute Gasteiger partial charge is 0.329 e. The van der Waals surface area contributed by atoms with E-state index in [0.29, 0.717) is 10.7 Å². The number of pyridine rings is 1. The van der Waals surface area contributed by atoms with Crippen LogP contribution >= 0.6 is 11.6 Å². The number of benzene rings is 1. The number of hydrogen-bond acceptors (Lipinski definition) is 5. The fraction of sp³-hybridized carbons (Fsp3) is 0.222. The van der Waals surface area contributed by atoms with Crippen LogP contribution in [0.1, 0.15) is 13.8 Å². The van der Waals surface area contributed by atoms with Crippen LogP contribution in [-0.2, 0) is 14.3 Å². The number of carbonyl (C=O) groups excluding carboxylic acids is 3. The Balaban J connectivity index is 1.80. The highest BCUT2D eigenvalue weighted by atomic mass is 35.5. The molecule has 0 unspecified atom stereocenters. The summed E-state index contributed by atoms with van der Waals surface area (Å²) < 4.78 is 5.07. The number of carbonyl (C=O) groups is 3. The average molecular weight is 391 g/mol. The van der Waals surface area contributed by atoms with Crippen LogP contribution in [0.25, 0.3) is 0 Å². The molecule has 1 aromatic heterocycles. The molecule has 0 saturated heterocycles. The van der Waals surface area contributed by atoms with Gasteiger partial charge in [-0.05, 0) is 38.1 Å². The van der Waals surface area contributed by atoms with Crippen LogP contribution in [0.5, 0.6) is 0 Å². The molecule has 3 N–H and O–H groups in total. The Kier molecular flexibility index (Phi) is 7.13. The Bertz CT molecular complexity index is 799. The Morgan fingerprint density at radius 2 is 1.74 bits per heavy atom. The number of rotatable bonds is 6. The summed E-state index contributed by atoms with van der Waals surface area (Å²) in [5.74, 6) is -1.02. The van der Waals surface area contributed by atoms with E-state index < -0.39 is 30.1 Å². The van der Waals surface area contributed by atoms with Crippen LogP contribution in [0.15, 0.2) is 48.7 Å². The minimum Gasteiger partial charge on any atom is -0.451 e.